The molecule has 0 aromatic carbocycles. The lowest BCUT2D eigenvalue weighted by atomic mass is 9.93. The maximum atomic E-state index is 11.3. The van der Waals surface area contributed by atoms with Crippen molar-refractivity contribution in [3.63, 3.8) is 0 Å². The van der Waals surface area contributed by atoms with Crippen LogP contribution >= 0.6 is 0 Å². The summed E-state index contributed by atoms with van der Waals surface area (Å²) in [5.74, 6) is 0.0472. The molecule has 1 fully saturated rings. The van der Waals surface area contributed by atoms with Gasteiger partial charge in [-0.15, -0.1) is 0 Å². The first kappa shape index (κ1) is 11.5. The second-order valence-corrected chi connectivity index (χ2v) is 3.68. The van der Waals surface area contributed by atoms with E-state index < -0.39 is 6.10 Å². The van der Waals surface area contributed by atoms with E-state index in [9.17, 15) is 9.90 Å². The van der Waals surface area contributed by atoms with Crippen molar-refractivity contribution in [2.75, 3.05) is 19.8 Å². The Morgan fingerprint density at radius 1 is 1.71 bits per heavy atom. The topological polar surface area (TPSA) is 58.6 Å². The first-order valence-corrected chi connectivity index (χ1v) is 5.27. The van der Waals surface area contributed by atoms with E-state index in [2.05, 4.69) is 5.32 Å². The summed E-state index contributed by atoms with van der Waals surface area (Å²) in [5.41, 5.74) is 0. The number of hydrogen-bond acceptors (Lipinski definition) is 3. The van der Waals surface area contributed by atoms with E-state index in [-0.39, 0.29) is 11.8 Å². The van der Waals surface area contributed by atoms with E-state index in [1.807, 2.05) is 6.92 Å². The average Bonchev–Trinajstić information content (AvgIpc) is 2.18. The van der Waals surface area contributed by atoms with Crippen LogP contribution in [0, 0.1) is 5.92 Å². The van der Waals surface area contributed by atoms with Crippen molar-refractivity contribution in [1.29, 1.82) is 0 Å². The monoisotopic (exact) mass is 201 g/mol. The molecule has 1 aliphatic heterocycles. The Balaban J connectivity index is 2.23. The van der Waals surface area contributed by atoms with E-state index in [0.29, 0.717) is 19.6 Å². The lowest BCUT2D eigenvalue weighted by Crippen LogP contribution is -2.38. The van der Waals surface area contributed by atoms with Crippen LogP contribution in [0.5, 0.6) is 0 Å². The van der Waals surface area contributed by atoms with Crippen molar-refractivity contribution < 1.29 is 14.6 Å². The molecule has 0 aromatic heterocycles. The van der Waals surface area contributed by atoms with Gasteiger partial charge in [0.15, 0.2) is 0 Å². The number of piperidine rings is 1. The molecule has 14 heavy (non-hydrogen) atoms. The van der Waals surface area contributed by atoms with Gasteiger partial charge in [-0.3, -0.25) is 4.79 Å². The van der Waals surface area contributed by atoms with Crippen molar-refractivity contribution >= 4 is 5.91 Å². The van der Waals surface area contributed by atoms with Gasteiger partial charge >= 0.3 is 0 Å². The van der Waals surface area contributed by atoms with Gasteiger partial charge in [-0.25, -0.2) is 0 Å². The Labute approximate surface area is 84.6 Å². The van der Waals surface area contributed by atoms with Crippen LogP contribution in [0.1, 0.15) is 26.2 Å². The number of rotatable bonds is 5. The summed E-state index contributed by atoms with van der Waals surface area (Å²) in [7, 11) is 0. The zero-order valence-corrected chi connectivity index (χ0v) is 8.66. The molecule has 0 spiro atoms. The van der Waals surface area contributed by atoms with E-state index in [1.54, 1.807) is 0 Å². The van der Waals surface area contributed by atoms with Crippen LogP contribution in [0.3, 0.4) is 0 Å². The molecule has 0 radical (unpaired) electrons. The number of ether oxygens (including phenoxy) is 1. The molecule has 2 unspecified atom stereocenters. The molecule has 1 rings (SSSR count). The highest BCUT2D eigenvalue weighted by Crippen LogP contribution is 2.17. The Morgan fingerprint density at radius 2 is 2.50 bits per heavy atom. The minimum absolute atomic E-state index is 0.0285. The second kappa shape index (κ2) is 5.98. The summed E-state index contributed by atoms with van der Waals surface area (Å²) in [6.45, 7) is 3.60. The summed E-state index contributed by atoms with van der Waals surface area (Å²) in [4.78, 5) is 11.3. The fourth-order valence-electron chi connectivity index (χ4n) is 1.71. The number of carbonyl (C=O) groups excluding carboxylic acids is 1. The van der Waals surface area contributed by atoms with Crippen LogP contribution in [0.15, 0.2) is 0 Å². The van der Waals surface area contributed by atoms with E-state index in [0.717, 1.165) is 19.4 Å². The molecule has 4 nitrogen and oxygen atoms in total. The third-order valence-electron chi connectivity index (χ3n) is 2.47. The highest BCUT2D eigenvalue weighted by atomic mass is 16.5. The molecular formula is C10H19NO3. The Hall–Kier alpha value is -0.610. The number of nitrogens with one attached hydrogen (secondary N) is 1. The Bertz CT molecular complexity index is 184. The first-order valence-electron chi connectivity index (χ1n) is 5.27. The second-order valence-electron chi connectivity index (χ2n) is 3.68. The smallest absolute Gasteiger partial charge is 0.223 e. The predicted octanol–water partition coefficient (Wildman–Crippen LogP) is 0.300. The maximum Gasteiger partial charge on any atom is 0.223 e. The molecule has 2 atom stereocenters. The Kier molecular flexibility index (Phi) is 4.90. The molecular weight excluding hydrogens is 182 g/mol. The summed E-state index contributed by atoms with van der Waals surface area (Å²) >= 11 is 0. The first-order chi connectivity index (χ1) is 6.74. The van der Waals surface area contributed by atoms with Crippen molar-refractivity contribution in [2.24, 2.45) is 5.92 Å². The maximum absolute atomic E-state index is 11.3. The fourth-order valence-corrected chi connectivity index (χ4v) is 1.71. The van der Waals surface area contributed by atoms with Crippen molar-refractivity contribution in [1.82, 2.24) is 5.32 Å². The normalized spacial score (nSPS) is 24.4. The largest absolute Gasteiger partial charge is 0.391 e. The number of amides is 1. The molecule has 2 N–H and O–H groups in total. The summed E-state index contributed by atoms with van der Waals surface area (Å²) in [6.07, 6.45) is 1.90. The van der Waals surface area contributed by atoms with Gasteiger partial charge in [0, 0.05) is 19.1 Å². The van der Waals surface area contributed by atoms with Crippen molar-refractivity contribution in [2.45, 2.75) is 32.3 Å². The van der Waals surface area contributed by atoms with Gasteiger partial charge in [-0.2, -0.15) is 0 Å². The zero-order valence-electron chi connectivity index (χ0n) is 8.66. The minimum atomic E-state index is -0.510. The molecule has 1 heterocycles. The molecule has 0 saturated carbocycles. The standard InChI is InChI=1S/C10H19NO3/c1-2-14-7-9(12)6-8-4-3-5-11-10(8)13/h8-9,12H,2-7H2,1H3,(H,11,13). The number of aliphatic hydroxyl groups excluding tert-OH is 1. The van der Waals surface area contributed by atoms with Gasteiger partial charge in [-0.05, 0) is 26.2 Å². The summed E-state index contributed by atoms with van der Waals surface area (Å²) in [5, 5.41) is 12.3. The van der Waals surface area contributed by atoms with Gasteiger partial charge in [-0.1, -0.05) is 0 Å². The quantitative estimate of drug-likeness (QED) is 0.672. The molecule has 1 amide bonds. The number of aliphatic hydroxyl groups is 1. The molecule has 0 aromatic rings. The van der Waals surface area contributed by atoms with E-state index in [1.165, 1.54) is 0 Å². The van der Waals surface area contributed by atoms with Crippen LogP contribution in [0.25, 0.3) is 0 Å². The van der Waals surface area contributed by atoms with Crippen molar-refractivity contribution in [3.05, 3.63) is 0 Å². The minimum Gasteiger partial charge on any atom is -0.391 e. The molecule has 4 heteroatoms. The number of carbonyl (C=O) groups is 1. The van der Waals surface area contributed by atoms with Gasteiger partial charge < -0.3 is 15.2 Å². The fraction of sp³-hybridized carbons (Fsp3) is 0.900. The third-order valence-corrected chi connectivity index (χ3v) is 2.47. The average molecular weight is 201 g/mol. The zero-order chi connectivity index (χ0) is 10.4. The van der Waals surface area contributed by atoms with Crippen LogP contribution in [0.2, 0.25) is 0 Å². The highest BCUT2D eigenvalue weighted by Gasteiger charge is 2.24. The SMILES string of the molecule is CCOCC(O)CC1CCCNC1=O. The molecule has 0 bridgehead atoms. The van der Waals surface area contributed by atoms with Crippen molar-refractivity contribution in [3.8, 4) is 0 Å². The van der Waals surface area contributed by atoms with Crippen LogP contribution < -0.4 is 5.32 Å². The van der Waals surface area contributed by atoms with Crippen LogP contribution in [0.4, 0.5) is 0 Å². The third kappa shape index (κ3) is 3.64. The van der Waals surface area contributed by atoms with Gasteiger partial charge in [0.05, 0.1) is 12.7 Å². The predicted molar refractivity (Wildman–Crippen MR) is 52.9 cm³/mol. The van der Waals surface area contributed by atoms with E-state index in [4.69, 9.17) is 4.74 Å². The van der Waals surface area contributed by atoms with Crippen LogP contribution in [-0.2, 0) is 9.53 Å². The number of hydrogen-bond donors (Lipinski definition) is 2. The van der Waals surface area contributed by atoms with Gasteiger partial charge in [0.1, 0.15) is 0 Å². The molecule has 1 aliphatic rings. The van der Waals surface area contributed by atoms with E-state index >= 15 is 0 Å². The molecule has 0 aliphatic carbocycles. The lowest BCUT2D eigenvalue weighted by Gasteiger charge is -2.23. The lowest BCUT2D eigenvalue weighted by molar-refractivity contribution is -0.128. The summed E-state index contributed by atoms with van der Waals surface area (Å²) < 4.78 is 5.09. The Morgan fingerprint density at radius 3 is 3.14 bits per heavy atom. The highest BCUT2D eigenvalue weighted by molar-refractivity contribution is 5.79. The van der Waals surface area contributed by atoms with Gasteiger partial charge in [0.25, 0.3) is 0 Å². The summed E-state index contributed by atoms with van der Waals surface area (Å²) in [6, 6.07) is 0. The van der Waals surface area contributed by atoms with Gasteiger partial charge in [0.2, 0.25) is 5.91 Å². The van der Waals surface area contributed by atoms with Crippen LogP contribution in [-0.4, -0.2) is 36.9 Å². The molecule has 82 valence electrons. The molecule has 1 saturated heterocycles.